The van der Waals surface area contributed by atoms with Crippen LogP contribution in [0.3, 0.4) is 0 Å². The normalized spacial score (nSPS) is 10.2. The van der Waals surface area contributed by atoms with Gasteiger partial charge in [0.1, 0.15) is 0 Å². The van der Waals surface area contributed by atoms with Gasteiger partial charge >= 0.3 is 5.71 Å². The minimum Gasteiger partial charge on any atom is -0.361 e. The highest BCUT2D eigenvalue weighted by molar-refractivity contribution is 9.11. The van der Waals surface area contributed by atoms with Gasteiger partial charge in [-0.3, -0.25) is 0 Å². The SMILES string of the molecule is C#Cc1cc(Br)c(C(=[N+]=[N-])c2c(C)c(Br)c(C)c(Br)c2C)c(Br)c1. The number of benzene rings is 2. The van der Waals surface area contributed by atoms with Crippen molar-refractivity contribution in [1.82, 2.24) is 0 Å². The molecule has 2 aromatic rings. The lowest BCUT2D eigenvalue weighted by Crippen LogP contribution is -2.13. The molecule has 0 saturated heterocycles. The first-order valence-electron chi connectivity index (χ1n) is 6.87. The molecule has 0 unspecified atom stereocenters. The smallest absolute Gasteiger partial charge is 0.332 e. The van der Waals surface area contributed by atoms with Crippen LogP contribution >= 0.6 is 63.7 Å². The van der Waals surface area contributed by atoms with E-state index in [4.69, 9.17) is 6.42 Å². The summed E-state index contributed by atoms with van der Waals surface area (Å²) >= 11 is 14.3. The Labute approximate surface area is 175 Å². The average molecular weight is 576 g/mol. The van der Waals surface area contributed by atoms with E-state index in [1.165, 1.54) is 0 Å². The summed E-state index contributed by atoms with van der Waals surface area (Å²) in [6, 6.07) is 3.66. The van der Waals surface area contributed by atoms with Gasteiger partial charge in [-0.2, -0.15) is 4.79 Å². The van der Waals surface area contributed by atoms with E-state index in [1.54, 1.807) is 0 Å². The number of rotatable bonds is 2. The third kappa shape index (κ3) is 3.34. The Morgan fingerprint density at radius 1 is 0.917 bits per heavy atom. The Morgan fingerprint density at radius 3 is 1.75 bits per heavy atom. The van der Waals surface area contributed by atoms with E-state index in [1.807, 2.05) is 32.9 Å². The summed E-state index contributed by atoms with van der Waals surface area (Å²) < 4.78 is 3.46. The van der Waals surface area contributed by atoms with Crippen molar-refractivity contribution in [3.05, 3.63) is 68.9 Å². The highest BCUT2D eigenvalue weighted by atomic mass is 79.9. The van der Waals surface area contributed by atoms with Crippen molar-refractivity contribution in [1.29, 1.82) is 0 Å². The Bertz CT molecular complexity index is 896. The van der Waals surface area contributed by atoms with Crippen molar-refractivity contribution in [2.24, 2.45) is 0 Å². The van der Waals surface area contributed by atoms with Crippen LogP contribution in [0, 0.1) is 33.1 Å². The first-order chi connectivity index (χ1) is 11.2. The molecular weight excluding hydrogens is 564 g/mol. The van der Waals surface area contributed by atoms with Gasteiger partial charge in [-0.05, 0) is 81.5 Å². The van der Waals surface area contributed by atoms with Crippen LogP contribution in [0.5, 0.6) is 0 Å². The van der Waals surface area contributed by atoms with Gasteiger partial charge in [0.05, 0.1) is 11.1 Å². The molecule has 0 heterocycles. The van der Waals surface area contributed by atoms with E-state index in [0.29, 0.717) is 5.71 Å². The Hall–Kier alpha value is -0.700. The second-order valence-corrected chi connectivity index (χ2v) is 8.58. The Kier molecular flexibility index (Phi) is 6.28. The minimum atomic E-state index is 0.466. The molecule has 2 rings (SSSR count). The molecule has 0 spiro atoms. The van der Waals surface area contributed by atoms with E-state index in [-0.39, 0.29) is 0 Å². The second kappa shape index (κ2) is 7.68. The van der Waals surface area contributed by atoms with E-state index >= 15 is 0 Å². The monoisotopic (exact) mass is 572 g/mol. The van der Waals surface area contributed by atoms with Gasteiger partial charge in [0, 0.05) is 23.5 Å². The molecule has 0 aromatic heterocycles. The maximum atomic E-state index is 9.78. The van der Waals surface area contributed by atoms with Gasteiger partial charge in [0.15, 0.2) is 0 Å². The topological polar surface area (TPSA) is 36.4 Å². The first kappa shape index (κ1) is 19.6. The van der Waals surface area contributed by atoms with Crippen LogP contribution < -0.4 is 0 Å². The predicted octanol–water partition coefficient (Wildman–Crippen LogP) is 6.71. The number of hydrogen-bond donors (Lipinski definition) is 0. The highest BCUT2D eigenvalue weighted by Gasteiger charge is 2.28. The summed E-state index contributed by atoms with van der Waals surface area (Å²) in [4.78, 5) is 3.60. The van der Waals surface area contributed by atoms with Gasteiger partial charge in [-0.15, -0.1) is 6.42 Å². The molecule has 0 fully saturated rings. The van der Waals surface area contributed by atoms with Gasteiger partial charge in [-0.25, -0.2) is 0 Å². The van der Waals surface area contributed by atoms with E-state index in [2.05, 4.69) is 74.4 Å². The molecule has 2 aromatic carbocycles. The van der Waals surface area contributed by atoms with Crippen LogP contribution in [0.2, 0.25) is 0 Å². The van der Waals surface area contributed by atoms with E-state index in [0.717, 1.165) is 51.3 Å². The summed E-state index contributed by atoms with van der Waals surface area (Å²) in [6.07, 6.45) is 5.48. The summed E-state index contributed by atoms with van der Waals surface area (Å²) in [5.74, 6) is 2.60. The zero-order chi connectivity index (χ0) is 18.2. The molecule has 122 valence electrons. The molecular formula is C18H12Br4N2. The first-order valence-corrected chi connectivity index (χ1v) is 10.0. The number of terminal acetylenes is 1. The molecule has 6 heteroatoms. The van der Waals surface area contributed by atoms with E-state index in [9.17, 15) is 5.53 Å². The van der Waals surface area contributed by atoms with Gasteiger partial charge < -0.3 is 5.53 Å². The van der Waals surface area contributed by atoms with Crippen molar-refractivity contribution < 1.29 is 4.79 Å². The zero-order valence-electron chi connectivity index (χ0n) is 13.1. The molecule has 0 aliphatic rings. The molecule has 0 aliphatic carbocycles. The maximum Gasteiger partial charge on any atom is 0.332 e. The van der Waals surface area contributed by atoms with Crippen molar-refractivity contribution in [3.63, 3.8) is 0 Å². The molecule has 0 N–H and O–H groups in total. The molecule has 0 aliphatic heterocycles. The molecule has 0 amide bonds. The highest BCUT2D eigenvalue weighted by Crippen LogP contribution is 2.37. The van der Waals surface area contributed by atoms with Crippen LogP contribution in [-0.4, -0.2) is 10.5 Å². The van der Waals surface area contributed by atoms with Crippen molar-refractivity contribution in [3.8, 4) is 12.3 Å². The Morgan fingerprint density at radius 2 is 1.38 bits per heavy atom. The molecule has 0 bridgehead atoms. The van der Waals surface area contributed by atoms with Crippen LogP contribution in [0.15, 0.2) is 30.0 Å². The third-order valence-corrected chi connectivity index (χ3v) is 7.48. The zero-order valence-corrected chi connectivity index (χ0v) is 19.5. The lowest BCUT2D eigenvalue weighted by Gasteiger charge is -2.15. The third-order valence-electron chi connectivity index (χ3n) is 3.85. The summed E-state index contributed by atoms with van der Waals surface area (Å²) in [5.41, 5.74) is 15.7. The molecule has 0 saturated carbocycles. The molecule has 0 radical (unpaired) electrons. The Balaban J connectivity index is 2.88. The molecule has 2 nitrogen and oxygen atoms in total. The standard InChI is InChI=1S/C18H12Br4N2/c1-5-11-6-12(19)15(13(20)7-11)18(24-23)14-8(2)16(21)10(4)17(22)9(14)3/h1,6-7H,2-4H3. The number of hydrogen-bond acceptors (Lipinski definition) is 0. The van der Waals surface area contributed by atoms with Gasteiger partial charge in [0.2, 0.25) is 0 Å². The summed E-state index contributed by atoms with van der Waals surface area (Å²) in [7, 11) is 0. The molecule has 24 heavy (non-hydrogen) atoms. The van der Waals surface area contributed by atoms with Crippen molar-refractivity contribution >= 4 is 69.4 Å². The van der Waals surface area contributed by atoms with Crippen LogP contribution in [0.25, 0.3) is 5.53 Å². The number of nitrogens with zero attached hydrogens (tertiary/aromatic N) is 2. The van der Waals surface area contributed by atoms with Crippen LogP contribution in [-0.2, 0) is 0 Å². The van der Waals surface area contributed by atoms with Crippen molar-refractivity contribution in [2.75, 3.05) is 0 Å². The predicted molar refractivity (Wildman–Crippen MR) is 113 cm³/mol. The van der Waals surface area contributed by atoms with Crippen LogP contribution in [0.1, 0.15) is 33.4 Å². The fourth-order valence-electron chi connectivity index (χ4n) is 2.62. The molecule has 0 atom stereocenters. The number of halogens is 4. The summed E-state index contributed by atoms with van der Waals surface area (Å²) in [6.45, 7) is 6.02. The van der Waals surface area contributed by atoms with Crippen molar-refractivity contribution in [2.45, 2.75) is 20.8 Å². The van der Waals surface area contributed by atoms with Gasteiger partial charge in [0.25, 0.3) is 0 Å². The average Bonchev–Trinajstić information content (AvgIpc) is 2.55. The maximum absolute atomic E-state index is 9.78. The second-order valence-electron chi connectivity index (χ2n) is 5.29. The van der Waals surface area contributed by atoms with Gasteiger partial charge in [-0.1, -0.05) is 37.8 Å². The quantitative estimate of drug-likeness (QED) is 0.165. The van der Waals surface area contributed by atoms with Crippen LogP contribution in [0.4, 0.5) is 0 Å². The lowest BCUT2D eigenvalue weighted by atomic mass is 9.92. The summed E-state index contributed by atoms with van der Waals surface area (Å²) in [5, 5.41) is 0. The fraction of sp³-hybridized carbons (Fsp3) is 0.167. The minimum absolute atomic E-state index is 0.466. The van der Waals surface area contributed by atoms with E-state index < -0.39 is 0 Å². The fourth-order valence-corrected chi connectivity index (χ4v) is 5.24. The lowest BCUT2D eigenvalue weighted by molar-refractivity contribution is -0.00298. The largest absolute Gasteiger partial charge is 0.361 e.